The molecule has 3 heterocycles. The van der Waals surface area contributed by atoms with Gasteiger partial charge >= 0.3 is 12.1 Å². The Balaban J connectivity index is 1.47. The summed E-state index contributed by atoms with van der Waals surface area (Å²) in [5.41, 5.74) is -2.42. The number of carboxylic acids is 1. The van der Waals surface area contributed by atoms with Crippen LogP contribution in [0.5, 0.6) is 0 Å². The van der Waals surface area contributed by atoms with E-state index in [0.29, 0.717) is 5.76 Å². The number of amides is 2. The number of fused-ring (bicyclic) bond motifs is 1. The fourth-order valence-corrected chi connectivity index (χ4v) is 6.43. The predicted octanol–water partition coefficient (Wildman–Crippen LogP) is 2.79. The number of β-lactam (4-membered cyclic amide) rings is 1. The number of rotatable bonds is 6. The minimum Gasteiger partial charge on any atom is -0.479 e. The zero-order chi connectivity index (χ0) is 24.2. The molecule has 2 saturated carbocycles. The van der Waals surface area contributed by atoms with Crippen molar-refractivity contribution in [1.29, 1.82) is 0 Å². The molecular formula is C25H24N2O7. The molecule has 6 rings (SSSR count). The average Bonchev–Trinajstić information content (AvgIpc) is 3.38. The van der Waals surface area contributed by atoms with Crippen LogP contribution in [0, 0.1) is 16.7 Å². The quantitative estimate of drug-likeness (QED) is 0.516. The molecule has 2 aromatic rings. The summed E-state index contributed by atoms with van der Waals surface area (Å²) in [7, 11) is 0. The highest BCUT2D eigenvalue weighted by Crippen LogP contribution is 2.98. The van der Waals surface area contributed by atoms with Crippen LogP contribution in [0.4, 0.5) is 4.79 Å². The maximum atomic E-state index is 13.7. The number of nitrogens with zero attached hydrogens (tertiary/aromatic N) is 2. The summed E-state index contributed by atoms with van der Waals surface area (Å²) < 4.78 is 11.0. The van der Waals surface area contributed by atoms with Crippen LogP contribution in [0.15, 0.2) is 53.1 Å². The Labute approximate surface area is 195 Å². The lowest BCUT2D eigenvalue weighted by molar-refractivity contribution is -0.191. The highest BCUT2D eigenvalue weighted by atomic mass is 16.6. The molecule has 2 aliphatic carbocycles. The van der Waals surface area contributed by atoms with E-state index in [4.69, 9.17) is 9.15 Å². The molecule has 0 radical (unpaired) electrons. The van der Waals surface area contributed by atoms with Gasteiger partial charge in [0.1, 0.15) is 23.4 Å². The first-order chi connectivity index (χ1) is 16.1. The fraction of sp³-hybridized carbons (Fsp3) is 0.440. The molecule has 9 heteroatoms. The highest BCUT2D eigenvalue weighted by Gasteiger charge is 3.12. The van der Waals surface area contributed by atoms with E-state index in [1.807, 2.05) is 30.3 Å². The molecule has 176 valence electrons. The molecule has 1 aromatic carbocycles. The van der Waals surface area contributed by atoms with Crippen molar-refractivity contribution in [3.05, 3.63) is 60.1 Å². The molecule has 2 amide bonds. The van der Waals surface area contributed by atoms with E-state index in [0.717, 1.165) is 10.5 Å². The first-order valence-corrected chi connectivity index (χ1v) is 11.3. The number of likely N-dealkylation sites (tertiary alicyclic amines) is 1. The van der Waals surface area contributed by atoms with Crippen molar-refractivity contribution in [1.82, 2.24) is 9.80 Å². The normalized spacial score (nSPS) is 34.0. The molecule has 2 aliphatic heterocycles. The fourth-order valence-electron chi connectivity index (χ4n) is 6.43. The van der Waals surface area contributed by atoms with E-state index in [2.05, 4.69) is 0 Å². The minimum atomic E-state index is -1.70. The molecule has 6 atom stereocenters. The molecule has 1 N–H and O–H groups in total. The molecule has 9 nitrogen and oxygen atoms in total. The third-order valence-electron chi connectivity index (χ3n) is 7.86. The van der Waals surface area contributed by atoms with E-state index < -0.39 is 52.3 Å². The monoisotopic (exact) mass is 464 g/mol. The van der Waals surface area contributed by atoms with Gasteiger partial charge in [-0.25, -0.2) is 9.59 Å². The number of carboxylic acid groups (broad SMARTS) is 1. The Kier molecular flexibility index (Phi) is 3.87. The number of hydrogen-bond donors (Lipinski definition) is 1. The Hall–Kier alpha value is -3.62. The van der Waals surface area contributed by atoms with Crippen LogP contribution in [-0.4, -0.2) is 57.0 Å². The van der Waals surface area contributed by atoms with E-state index in [-0.39, 0.29) is 18.4 Å². The van der Waals surface area contributed by atoms with Crippen LogP contribution < -0.4 is 0 Å². The molecule has 4 fully saturated rings. The number of carbonyl (C=O) groups excluding carboxylic acids is 3. The molecule has 4 aliphatic rings. The number of aliphatic carboxylic acids is 1. The number of carbonyl (C=O) groups is 4. The van der Waals surface area contributed by atoms with E-state index >= 15 is 0 Å². The van der Waals surface area contributed by atoms with Gasteiger partial charge in [-0.15, -0.1) is 0 Å². The van der Waals surface area contributed by atoms with Gasteiger partial charge in [0.2, 0.25) is 5.91 Å². The number of piperidine rings is 1. The number of furan rings is 1. The Morgan fingerprint density at radius 3 is 2.38 bits per heavy atom. The van der Waals surface area contributed by atoms with Crippen molar-refractivity contribution in [3.8, 4) is 0 Å². The predicted molar refractivity (Wildman–Crippen MR) is 115 cm³/mol. The number of hydrogen-bond acceptors (Lipinski definition) is 6. The second-order valence-corrected chi connectivity index (χ2v) is 10.5. The van der Waals surface area contributed by atoms with Crippen LogP contribution >= 0.6 is 0 Å². The lowest BCUT2D eigenvalue weighted by atomic mass is 9.77. The third kappa shape index (κ3) is 2.15. The maximum absolute atomic E-state index is 13.7. The summed E-state index contributed by atoms with van der Waals surface area (Å²) >= 11 is 0. The molecular weight excluding hydrogens is 440 g/mol. The zero-order valence-corrected chi connectivity index (χ0v) is 18.9. The molecule has 1 aromatic heterocycles. The van der Waals surface area contributed by atoms with Crippen molar-refractivity contribution < 1.29 is 33.4 Å². The van der Waals surface area contributed by atoms with Crippen molar-refractivity contribution in [2.75, 3.05) is 6.61 Å². The lowest BCUT2D eigenvalue weighted by Gasteiger charge is -2.56. The standard InChI is InChI=1S/C25H24N2O7/c1-23(2,3)19(28)17(20(29)30)27-21(31)24-16(15-10-7-11-33-15)18(24)25(24,27)26-14(12-34-22(26)32)13-8-5-4-6-9-13/h4-11,14,16-18H,12H2,1-3H3,(H,29,30)/t14-,16?,17+,18+,24+,25+/m1/s1. The topological polar surface area (TPSA) is 117 Å². The van der Waals surface area contributed by atoms with E-state index in [1.165, 1.54) is 11.2 Å². The molecule has 2 saturated heterocycles. The second kappa shape index (κ2) is 6.28. The number of ether oxygens (including phenoxy) is 1. The van der Waals surface area contributed by atoms with Gasteiger partial charge in [0.25, 0.3) is 0 Å². The van der Waals surface area contributed by atoms with E-state index in [9.17, 15) is 24.3 Å². The van der Waals surface area contributed by atoms with Crippen molar-refractivity contribution in [2.45, 2.75) is 44.4 Å². The van der Waals surface area contributed by atoms with Crippen LogP contribution in [-0.2, 0) is 19.1 Å². The zero-order valence-electron chi connectivity index (χ0n) is 18.9. The lowest BCUT2D eigenvalue weighted by Crippen LogP contribution is -2.76. The number of Topliss-reactive ketones (excluding diaryl/α,β-unsaturated/α-hetero) is 1. The van der Waals surface area contributed by atoms with E-state index in [1.54, 1.807) is 32.9 Å². The van der Waals surface area contributed by atoms with Crippen LogP contribution in [0.2, 0.25) is 0 Å². The second-order valence-electron chi connectivity index (χ2n) is 10.5. The maximum Gasteiger partial charge on any atom is 0.412 e. The number of ketones is 1. The third-order valence-corrected chi connectivity index (χ3v) is 7.86. The van der Waals surface area contributed by atoms with Crippen molar-refractivity contribution >= 4 is 23.8 Å². The first kappa shape index (κ1) is 20.9. The largest absolute Gasteiger partial charge is 0.479 e. The van der Waals surface area contributed by atoms with Gasteiger partial charge in [-0.3, -0.25) is 19.4 Å². The number of cyclic esters (lactones) is 1. The first-order valence-electron chi connectivity index (χ1n) is 11.3. The van der Waals surface area contributed by atoms with Crippen molar-refractivity contribution in [3.63, 3.8) is 0 Å². The molecule has 34 heavy (non-hydrogen) atoms. The molecule has 1 unspecified atom stereocenters. The van der Waals surface area contributed by atoms with Gasteiger partial charge in [-0.2, -0.15) is 0 Å². The molecule has 1 spiro atoms. The summed E-state index contributed by atoms with van der Waals surface area (Å²) in [5, 5.41) is 10.1. The summed E-state index contributed by atoms with van der Waals surface area (Å²) in [6, 6.07) is 10.6. The highest BCUT2D eigenvalue weighted by molar-refractivity contribution is 6.15. The Morgan fingerprint density at radius 2 is 1.82 bits per heavy atom. The van der Waals surface area contributed by atoms with Gasteiger partial charge in [-0.1, -0.05) is 51.1 Å². The van der Waals surface area contributed by atoms with Crippen LogP contribution in [0.1, 0.15) is 44.1 Å². The minimum absolute atomic E-state index is 0.0752. The van der Waals surface area contributed by atoms with Crippen LogP contribution in [0.25, 0.3) is 0 Å². The SMILES string of the molecule is CC(C)(C)C(=O)[C@@H](C(=O)O)N1C(=O)[C@]23C(c4ccco4)[C@@H]2[C@]13N1C(=O)OC[C@@H]1c1ccccc1. The summed E-state index contributed by atoms with van der Waals surface area (Å²) in [6.07, 6.45) is 0.898. The summed E-state index contributed by atoms with van der Waals surface area (Å²) in [4.78, 5) is 55.0. The smallest absolute Gasteiger partial charge is 0.412 e. The summed E-state index contributed by atoms with van der Waals surface area (Å²) in [5.74, 6) is -2.46. The van der Waals surface area contributed by atoms with Gasteiger partial charge < -0.3 is 14.3 Å². The van der Waals surface area contributed by atoms with Gasteiger partial charge in [0.15, 0.2) is 11.8 Å². The van der Waals surface area contributed by atoms with Crippen molar-refractivity contribution in [2.24, 2.45) is 16.7 Å². The Bertz CT molecular complexity index is 1230. The molecule has 0 bridgehead atoms. The summed E-state index contributed by atoms with van der Waals surface area (Å²) in [6.45, 7) is 4.93. The average molecular weight is 464 g/mol. The van der Waals surface area contributed by atoms with Gasteiger partial charge in [0, 0.05) is 17.3 Å². The number of benzene rings is 1. The Morgan fingerprint density at radius 1 is 1.12 bits per heavy atom. The van der Waals surface area contributed by atoms with Crippen LogP contribution in [0.3, 0.4) is 0 Å². The van der Waals surface area contributed by atoms with Gasteiger partial charge in [-0.05, 0) is 17.7 Å². The van der Waals surface area contributed by atoms with Gasteiger partial charge in [0.05, 0.1) is 12.3 Å².